The monoisotopic (exact) mass is 426 g/mol. The van der Waals surface area contributed by atoms with Crippen LogP contribution in [0, 0.1) is 6.92 Å². The van der Waals surface area contributed by atoms with E-state index in [-0.39, 0.29) is 12.1 Å². The Kier molecular flexibility index (Phi) is 5.23. The number of carbonyl (C=O) groups is 1. The van der Waals surface area contributed by atoms with E-state index in [0.29, 0.717) is 33.3 Å². The van der Waals surface area contributed by atoms with Crippen molar-refractivity contribution in [3.63, 3.8) is 0 Å². The number of furan rings is 1. The van der Waals surface area contributed by atoms with Crippen molar-refractivity contribution in [1.82, 2.24) is 14.8 Å². The summed E-state index contributed by atoms with van der Waals surface area (Å²) >= 11 is 1.35. The molecule has 0 fully saturated rings. The van der Waals surface area contributed by atoms with Gasteiger partial charge in [0.1, 0.15) is 23.7 Å². The molecule has 1 N–H and O–H groups in total. The third-order valence-electron chi connectivity index (χ3n) is 4.34. The molecule has 30 heavy (non-hydrogen) atoms. The summed E-state index contributed by atoms with van der Waals surface area (Å²) in [6.07, 6.45) is 1.52. The summed E-state index contributed by atoms with van der Waals surface area (Å²) < 4.78 is 17.6. The zero-order chi connectivity index (χ0) is 21.3. The fourth-order valence-electron chi connectivity index (χ4n) is 2.98. The van der Waals surface area contributed by atoms with Gasteiger partial charge in [-0.3, -0.25) is 9.59 Å². The Hall–Kier alpha value is -3.66. The van der Waals surface area contributed by atoms with Crippen LogP contribution < -0.4 is 20.3 Å². The lowest BCUT2D eigenvalue weighted by molar-refractivity contribution is -0.117. The zero-order valence-corrected chi connectivity index (χ0v) is 17.3. The minimum absolute atomic E-state index is 0.258. The van der Waals surface area contributed by atoms with Gasteiger partial charge >= 0.3 is 0 Å². The number of amides is 1. The molecular weight excluding hydrogens is 408 g/mol. The fourth-order valence-corrected chi connectivity index (χ4v) is 3.88. The maximum atomic E-state index is 12.9. The number of anilines is 1. The molecule has 0 aliphatic heterocycles. The van der Waals surface area contributed by atoms with Crippen LogP contribution in [0.15, 0.2) is 45.8 Å². The summed E-state index contributed by atoms with van der Waals surface area (Å²) in [5.74, 6) is 1.08. The van der Waals surface area contributed by atoms with E-state index in [1.165, 1.54) is 31.8 Å². The van der Waals surface area contributed by atoms with Gasteiger partial charge in [0.2, 0.25) is 5.91 Å². The molecule has 1 amide bonds. The molecule has 0 spiro atoms. The molecule has 4 rings (SSSR count). The highest BCUT2D eigenvalue weighted by Gasteiger charge is 2.19. The van der Waals surface area contributed by atoms with Crippen LogP contribution in [-0.2, 0) is 11.3 Å². The van der Waals surface area contributed by atoms with E-state index < -0.39 is 11.5 Å². The summed E-state index contributed by atoms with van der Waals surface area (Å²) in [7, 11) is 3.03. The number of nitrogens with zero attached hydrogens (tertiary/aromatic N) is 3. The summed E-state index contributed by atoms with van der Waals surface area (Å²) in [6, 6.07) is 8.48. The summed E-state index contributed by atoms with van der Waals surface area (Å²) in [5, 5.41) is 7.84. The van der Waals surface area contributed by atoms with Gasteiger partial charge in [0.25, 0.3) is 5.56 Å². The minimum Gasteiger partial charge on any atom is -0.497 e. The molecule has 0 bridgehead atoms. The molecule has 10 heteroatoms. The van der Waals surface area contributed by atoms with E-state index in [1.54, 1.807) is 30.3 Å². The first kappa shape index (κ1) is 19.6. The molecule has 3 heterocycles. The van der Waals surface area contributed by atoms with E-state index in [4.69, 9.17) is 13.9 Å². The van der Waals surface area contributed by atoms with E-state index in [1.807, 2.05) is 6.92 Å². The highest BCUT2D eigenvalue weighted by atomic mass is 32.1. The highest BCUT2D eigenvalue weighted by Crippen LogP contribution is 2.30. The number of fused-ring (bicyclic) bond motifs is 1. The smallest absolute Gasteiger partial charge is 0.294 e. The Morgan fingerprint density at radius 2 is 2.10 bits per heavy atom. The number of ether oxygens (including phenoxy) is 2. The average Bonchev–Trinajstić information content (AvgIpc) is 3.40. The number of aromatic nitrogens is 3. The highest BCUT2D eigenvalue weighted by molar-refractivity contribution is 7.19. The third kappa shape index (κ3) is 3.64. The van der Waals surface area contributed by atoms with Crippen molar-refractivity contribution in [1.29, 1.82) is 0 Å². The van der Waals surface area contributed by atoms with Gasteiger partial charge in [0.15, 0.2) is 11.3 Å². The predicted octanol–water partition coefficient (Wildman–Crippen LogP) is 3.08. The van der Waals surface area contributed by atoms with Gasteiger partial charge < -0.3 is 19.2 Å². The van der Waals surface area contributed by atoms with Gasteiger partial charge in [0.05, 0.1) is 35.9 Å². The molecule has 9 nitrogen and oxygen atoms in total. The molecule has 0 unspecified atom stereocenters. The maximum absolute atomic E-state index is 12.9. The van der Waals surface area contributed by atoms with Crippen LogP contribution in [0.2, 0.25) is 0 Å². The number of thiazole rings is 1. The number of benzene rings is 1. The Morgan fingerprint density at radius 3 is 2.80 bits per heavy atom. The number of aryl methyl sites for hydroxylation is 1. The minimum atomic E-state index is -0.443. The van der Waals surface area contributed by atoms with Crippen LogP contribution in [0.4, 0.5) is 5.69 Å². The van der Waals surface area contributed by atoms with Gasteiger partial charge in [-0.15, -0.1) is 11.3 Å². The Bertz CT molecular complexity index is 1280. The van der Waals surface area contributed by atoms with Crippen molar-refractivity contribution >= 4 is 33.1 Å². The molecule has 0 aliphatic carbocycles. The first-order valence-corrected chi connectivity index (χ1v) is 9.76. The quantitative estimate of drug-likeness (QED) is 0.505. The van der Waals surface area contributed by atoms with Gasteiger partial charge in [-0.05, 0) is 31.2 Å². The zero-order valence-electron chi connectivity index (χ0n) is 16.5. The molecular formula is C20H18N4O5S. The van der Waals surface area contributed by atoms with Crippen molar-refractivity contribution < 1.29 is 18.7 Å². The lowest BCUT2D eigenvalue weighted by atomic mass is 10.2. The van der Waals surface area contributed by atoms with Crippen molar-refractivity contribution in [2.45, 2.75) is 13.5 Å². The number of rotatable bonds is 6. The van der Waals surface area contributed by atoms with Crippen LogP contribution >= 0.6 is 11.3 Å². The van der Waals surface area contributed by atoms with Gasteiger partial charge in [-0.2, -0.15) is 5.10 Å². The lowest BCUT2D eigenvalue weighted by Crippen LogP contribution is -2.30. The second kappa shape index (κ2) is 7.99. The van der Waals surface area contributed by atoms with Crippen LogP contribution in [0.3, 0.4) is 0 Å². The SMILES string of the molecule is COc1ccc(NC(=O)Cn2nc(-c3ccco3)c3sc(C)nc3c2=O)c(OC)c1. The molecule has 0 saturated heterocycles. The van der Waals surface area contributed by atoms with Crippen LogP contribution in [0.1, 0.15) is 5.01 Å². The van der Waals surface area contributed by atoms with E-state index >= 15 is 0 Å². The van der Waals surface area contributed by atoms with Gasteiger partial charge in [-0.25, -0.2) is 9.67 Å². The molecule has 3 aromatic heterocycles. The third-order valence-corrected chi connectivity index (χ3v) is 5.32. The molecule has 4 aromatic rings. The topological polar surface area (TPSA) is 108 Å². The summed E-state index contributed by atoms with van der Waals surface area (Å²) in [4.78, 5) is 29.8. The van der Waals surface area contributed by atoms with Crippen LogP contribution in [-0.4, -0.2) is 34.9 Å². The Labute approximate surface area is 174 Å². The fraction of sp³-hybridized carbons (Fsp3) is 0.200. The first-order chi connectivity index (χ1) is 14.5. The van der Waals surface area contributed by atoms with Gasteiger partial charge in [0, 0.05) is 6.07 Å². The number of hydrogen-bond acceptors (Lipinski definition) is 8. The average molecular weight is 426 g/mol. The molecule has 1 aromatic carbocycles. The number of carbonyl (C=O) groups excluding carboxylic acids is 1. The number of hydrogen-bond donors (Lipinski definition) is 1. The molecule has 154 valence electrons. The molecule has 0 aliphatic rings. The van der Waals surface area contributed by atoms with Crippen molar-refractivity contribution in [2.75, 3.05) is 19.5 Å². The van der Waals surface area contributed by atoms with Crippen LogP contribution in [0.25, 0.3) is 21.7 Å². The number of nitrogens with one attached hydrogen (secondary N) is 1. The van der Waals surface area contributed by atoms with Crippen molar-refractivity contribution in [3.05, 3.63) is 52.0 Å². The van der Waals surface area contributed by atoms with Crippen molar-refractivity contribution in [2.24, 2.45) is 0 Å². The van der Waals surface area contributed by atoms with Crippen molar-refractivity contribution in [3.8, 4) is 23.0 Å². The second-order valence-corrected chi connectivity index (χ2v) is 7.52. The van der Waals surface area contributed by atoms with E-state index in [9.17, 15) is 9.59 Å². The Morgan fingerprint density at radius 1 is 1.27 bits per heavy atom. The maximum Gasteiger partial charge on any atom is 0.294 e. The normalized spacial score (nSPS) is 10.9. The van der Waals surface area contributed by atoms with E-state index in [2.05, 4.69) is 15.4 Å². The molecule has 0 atom stereocenters. The molecule has 0 saturated carbocycles. The Balaban J connectivity index is 1.68. The summed E-state index contributed by atoms with van der Waals surface area (Å²) in [5.41, 5.74) is 0.735. The largest absolute Gasteiger partial charge is 0.497 e. The van der Waals surface area contributed by atoms with E-state index in [0.717, 1.165) is 9.69 Å². The van der Waals surface area contributed by atoms with Gasteiger partial charge in [-0.1, -0.05) is 0 Å². The molecule has 0 radical (unpaired) electrons. The standard InChI is InChI=1S/C20H18N4O5S/c1-11-21-18-19(30-11)17(14-5-4-8-29-14)23-24(20(18)26)10-16(25)22-13-7-6-12(27-2)9-15(13)28-3/h4-9H,10H2,1-3H3,(H,22,25). The lowest BCUT2D eigenvalue weighted by Gasteiger charge is -2.12. The summed E-state index contributed by atoms with van der Waals surface area (Å²) in [6.45, 7) is 1.51. The second-order valence-electron chi connectivity index (χ2n) is 6.31. The van der Waals surface area contributed by atoms with Crippen LogP contribution in [0.5, 0.6) is 11.5 Å². The predicted molar refractivity (Wildman–Crippen MR) is 112 cm³/mol. The first-order valence-electron chi connectivity index (χ1n) is 8.94. The number of methoxy groups -OCH3 is 2.